The molecule has 4 aliphatic rings. The maximum atomic E-state index is 13.9. The summed E-state index contributed by atoms with van der Waals surface area (Å²) in [4.78, 5) is 55.9. The standard InChI is InChI=1S/C31H41N3O9/c1-30(2,3)25-26(35)34-15-19(13-22(34)27(36)39-6)43-29(38)33-14-18-12-23-24(42-17-41-23)20(21(18)16-33)8-7-9-31(4,5)10-11-40-28(37)32-25/h7-8,12,19,22,25H,9-11,13-17H2,1-6H3,(H,32,37)/b8-7-/t19?,22?,25-/m1/s1. The summed E-state index contributed by atoms with van der Waals surface area (Å²) in [5, 5.41) is 2.72. The van der Waals surface area contributed by atoms with Crippen LogP contribution in [0, 0.1) is 10.8 Å². The van der Waals surface area contributed by atoms with E-state index in [1.807, 2.05) is 32.9 Å². The van der Waals surface area contributed by atoms with Crippen LogP contribution in [0.3, 0.4) is 0 Å². The van der Waals surface area contributed by atoms with Crippen LogP contribution in [0.2, 0.25) is 0 Å². The first-order valence-electron chi connectivity index (χ1n) is 14.7. The van der Waals surface area contributed by atoms with Gasteiger partial charge >= 0.3 is 18.2 Å². The number of allylic oxidation sites excluding steroid dienone is 1. The van der Waals surface area contributed by atoms with Gasteiger partial charge in [-0.3, -0.25) is 9.69 Å². The lowest BCUT2D eigenvalue weighted by Gasteiger charge is -2.34. The number of cyclic esters (lactones) is 1. The molecule has 12 heteroatoms. The molecule has 1 N–H and O–H groups in total. The van der Waals surface area contributed by atoms with Gasteiger partial charge in [0.05, 0.1) is 26.8 Å². The van der Waals surface area contributed by atoms with Gasteiger partial charge < -0.3 is 33.9 Å². The molecule has 0 aliphatic carbocycles. The molecule has 2 unspecified atom stereocenters. The number of methoxy groups -OCH3 is 1. The average Bonchev–Trinajstić information content (AvgIpc) is 3.67. The first-order chi connectivity index (χ1) is 20.3. The summed E-state index contributed by atoms with van der Waals surface area (Å²) in [6.45, 7) is 10.5. The fourth-order valence-corrected chi connectivity index (χ4v) is 5.94. The number of amides is 3. The van der Waals surface area contributed by atoms with Crippen molar-refractivity contribution in [2.24, 2.45) is 10.8 Å². The number of carbonyl (C=O) groups is 4. The molecule has 0 aromatic heterocycles. The van der Waals surface area contributed by atoms with E-state index in [0.29, 0.717) is 37.4 Å². The second-order valence-electron chi connectivity index (χ2n) is 13.4. The molecule has 4 bridgehead atoms. The van der Waals surface area contributed by atoms with Crippen molar-refractivity contribution in [1.82, 2.24) is 15.1 Å². The van der Waals surface area contributed by atoms with E-state index < -0.39 is 47.7 Å². The topological polar surface area (TPSA) is 133 Å². The first kappa shape index (κ1) is 30.5. The molecule has 4 heterocycles. The number of fused-ring (bicyclic) bond motifs is 5. The van der Waals surface area contributed by atoms with Crippen molar-refractivity contribution in [3.63, 3.8) is 0 Å². The summed E-state index contributed by atoms with van der Waals surface area (Å²) in [5.41, 5.74) is 1.84. The highest BCUT2D eigenvalue weighted by Crippen LogP contribution is 2.44. The first-order valence-corrected chi connectivity index (χ1v) is 14.7. The number of esters is 1. The monoisotopic (exact) mass is 599 g/mol. The maximum absolute atomic E-state index is 13.9. The minimum absolute atomic E-state index is 0.0212. The highest BCUT2D eigenvalue weighted by molar-refractivity contribution is 5.91. The van der Waals surface area contributed by atoms with Crippen LogP contribution in [-0.2, 0) is 36.9 Å². The largest absolute Gasteiger partial charge is 0.467 e. The Balaban J connectivity index is 1.47. The molecule has 3 atom stereocenters. The van der Waals surface area contributed by atoms with E-state index in [0.717, 1.165) is 16.7 Å². The molecule has 0 spiro atoms. The molecule has 1 fully saturated rings. The summed E-state index contributed by atoms with van der Waals surface area (Å²) in [6.07, 6.45) is 3.39. The zero-order valence-electron chi connectivity index (χ0n) is 25.7. The van der Waals surface area contributed by atoms with E-state index in [1.54, 1.807) is 4.90 Å². The lowest BCUT2D eigenvalue weighted by molar-refractivity contribution is -0.152. The maximum Gasteiger partial charge on any atom is 0.410 e. The van der Waals surface area contributed by atoms with Crippen LogP contribution in [0.15, 0.2) is 12.1 Å². The fourth-order valence-electron chi connectivity index (χ4n) is 5.94. The molecule has 5 rings (SSSR count). The van der Waals surface area contributed by atoms with Gasteiger partial charge in [-0.15, -0.1) is 0 Å². The van der Waals surface area contributed by atoms with Crippen LogP contribution in [0.4, 0.5) is 9.59 Å². The zero-order chi connectivity index (χ0) is 31.1. The quantitative estimate of drug-likeness (QED) is 0.376. The van der Waals surface area contributed by atoms with Gasteiger partial charge in [-0.05, 0) is 40.9 Å². The van der Waals surface area contributed by atoms with Gasteiger partial charge in [-0.2, -0.15) is 0 Å². The van der Waals surface area contributed by atoms with Crippen molar-refractivity contribution >= 4 is 30.1 Å². The molecule has 1 aromatic rings. The normalized spacial score (nSPS) is 26.4. The van der Waals surface area contributed by atoms with Crippen molar-refractivity contribution in [3.8, 4) is 11.5 Å². The molecule has 1 saturated heterocycles. The second kappa shape index (κ2) is 11.6. The molecule has 3 amide bonds. The van der Waals surface area contributed by atoms with Crippen LogP contribution in [0.5, 0.6) is 11.5 Å². The van der Waals surface area contributed by atoms with E-state index in [-0.39, 0.29) is 31.8 Å². The smallest absolute Gasteiger partial charge is 0.410 e. The predicted octanol–water partition coefficient (Wildman–Crippen LogP) is 3.98. The summed E-state index contributed by atoms with van der Waals surface area (Å²) in [6, 6.07) is -0.0717. The molecule has 0 radical (unpaired) electrons. The van der Waals surface area contributed by atoms with Crippen LogP contribution in [0.25, 0.3) is 6.08 Å². The van der Waals surface area contributed by atoms with E-state index in [4.69, 9.17) is 23.7 Å². The van der Waals surface area contributed by atoms with E-state index in [1.165, 1.54) is 12.0 Å². The Hall–Kier alpha value is -3.96. The van der Waals surface area contributed by atoms with Crippen molar-refractivity contribution in [2.45, 2.75) is 85.2 Å². The molecular weight excluding hydrogens is 558 g/mol. The minimum atomic E-state index is -0.999. The average molecular weight is 600 g/mol. The number of ether oxygens (including phenoxy) is 5. The molecular formula is C31H41N3O9. The number of nitrogens with zero attached hydrogens (tertiary/aromatic N) is 2. The molecule has 4 aliphatic heterocycles. The van der Waals surface area contributed by atoms with E-state index >= 15 is 0 Å². The lowest BCUT2D eigenvalue weighted by atomic mass is 9.85. The molecule has 0 saturated carbocycles. The van der Waals surface area contributed by atoms with Crippen LogP contribution >= 0.6 is 0 Å². The number of hydrogen-bond donors (Lipinski definition) is 1. The fraction of sp³-hybridized carbons (Fsp3) is 0.613. The predicted molar refractivity (Wildman–Crippen MR) is 154 cm³/mol. The minimum Gasteiger partial charge on any atom is -0.467 e. The lowest BCUT2D eigenvalue weighted by Crippen LogP contribution is -2.57. The number of benzene rings is 1. The third-order valence-electron chi connectivity index (χ3n) is 8.50. The van der Waals surface area contributed by atoms with Gasteiger partial charge in [0.15, 0.2) is 11.5 Å². The molecule has 1 aromatic carbocycles. The van der Waals surface area contributed by atoms with Crippen molar-refractivity contribution in [2.75, 3.05) is 27.1 Å². The Morgan fingerprint density at radius 1 is 1.12 bits per heavy atom. The van der Waals surface area contributed by atoms with Gasteiger partial charge in [0, 0.05) is 18.5 Å². The second-order valence-corrected chi connectivity index (χ2v) is 13.4. The van der Waals surface area contributed by atoms with Gasteiger partial charge in [0.25, 0.3) is 0 Å². The third-order valence-corrected chi connectivity index (χ3v) is 8.50. The van der Waals surface area contributed by atoms with Gasteiger partial charge in [-0.25, -0.2) is 14.4 Å². The zero-order valence-corrected chi connectivity index (χ0v) is 25.7. The number of carbonyl (C=O) groups excluding carboxylic acids is 4. The molecule has 43 heavy (non-hydrogen) atoms. The summed E-state index contributed by atoms with van der Waals surface area (Å²) < 4.78 is 27.8. The van der Waals surface area contributed by atoms with Crippen molar-refractivity contribution in [1.29, 1.82) is 0 Å². The van der Waals surface area contributed by atoms with Crippen LogP contribution in [0.1, 0.15) is 70.6 Å². The summed E-state index contributed by atoms with van der Waals surface area (Å²) in [7, 11) is 1.24. The Bertz CT molecular complexity index is 1330. The number of nitrogens with one attached hydrogen (secondary N) is 1. The Morgan fingerprint density at radius 3 is 2.60 bits per heavy atom. The van der Waals surface area contributed by atoms with Crippen molar-refractivity contribution in [3.05, 3.63) is 28.8 Å². The summed E-state index contributed by atoms with van der Waals surface area (Å²) >= 11 is 0. The van der Waals surface area contributed by atoms with E-state index in [2.05, 4.69) is 25.2 Å². The Labute approximate surface area is 251 Å². The van der Waals surface area contributed by atoms with Crippen LogP contribution < -0.4 is 14.8 Å². The molecule has 12 nitrogen and oxygen atoms in total. The highest BCUT2D eigenvalue weighted by atomic mass is 16.7. The highest BCUT2D eigenvalue weighted by Gasteiger charge is 2.47. The Kier molecular flexibility index (Phi) is 8.24. The summed E-state index contributed by atoms with van der Waals surface area (Å²) in [5.74, 6) is 0.169. The Morgan fingerprint density at radius 2 is 1.88 bits per heavy atom. The molecule has 234 valence electrons. The van der Waals surface area contributed by atoms with Gasteiger partial charge in [0.2, 0.25) is 12.7 Å². The third kappa shape index (κ3) is 6.37. The van der Waals surface area contributed by atoms with Crippen LogP contribution in [-0.4, -0.2) is 79.1 Å². The van der Waals surface area contributed by atoms with Gasteiger partial charge in [-0.1, -0.05) is 46.8 Å². The van der Waals surface area contributed by atoms with E-state index in [9.17, 15) is 19.2 Å². The van der Waals surface area contributed by atoms with Gasteiger partial charge in [0.1, 0.15) is 18.2 Å². The SMILES string of the molecule is COC(=O)C1CC2CN1C(=O)[C@H](C(C)(C)C)NC(=O)OCCC(C)(C)C/C=C\c1c3c(cc4c1OCO4)CN(C3)C(=O)O2. The number of rotatable bonds is 1. The number of hydrogen-bond acceptors (Lipinski definition) is 9. The number of alkyl carbamates (subject to hydrolysis) is 1. The van der Waals surface area contributed by atoms with Crippen molar-refractivity contribution < 1.29 is 42.9 Å².